The van der Waals surface area contributed by atoms with Gasteiger partial charge in [-0.15, -0.1) is 0 Å². The summed E-state index contributed by atoms with van der Waals surface area (Å²) in [6.07, 6.45) is 3.53. The Balaban J connectivity index is 1.46. The van der Waals surface area contributed by atoms with E-state index in [1.807, 2.05) is 0 Å². The number of halogens is 2. The van der Waals surface area contributed by atoms with Gasteiger partial charge in [-0.3, -0.25) is 19.0 Å². The highest BCUT2D eigenvalue weighted by molar-refractivity contribution is 6.03. The first kappa shape index (κ1) is 26.2. The van der Waals surface area contributed by atoms with Crippen LogP contribution in [0.15, 0.2) is 81.5 Å². The normalized spacial score (nSPS) is 11.1. The van der Waals surface area contributed by atoms with E-state index >= 15 is 0 Å². The summed E-state index contributed by atoms with van der Waals surface area (Å²) in [5.41, 5.74) is -2.04. The summed E-state index contributed by atoms with van der Waals surface area (Å²) in [6.45, 7) is 3.38. The smallest absolute Gasteiger partial charge is 0.335 e. The molecule has 13 heteroatoms. The number of aromatic amines is 1. The molecule has 2 N–H and O–H groups in total. The number of aromatic nitrogens is 5. The molecule has 11 nitrogen and oxygen atoms in total. The summed E-state index contributed by atoms with van der Waals surface area (Å²) in [7, 11) is 0. The summed E-state index contributed by atoms with van der Waals surface area (Å²) in [4.78, 5) is 61.3. The Hall–Kier alpha value is -5.46. The lowest BCUT2D eigenvalue weighted by Gasteiger charge is -2.16. The van der Waals surface area contributed by atoms with Crippen molar-refractivity contribution in [3.05, 3.63) is 116 Å². The van der Waals surface area contributed by atoms with Crippen LogP contribution in [-0.4, -0.2) is 30.0 Å². The van der Waals surface area contributed by atoms with Gasteiger partial charge in [-0.25, -0.2) is 28.1 Å². The van der Waals surface area contributed by atoms with Crippen molar-refractivity contribution >= 4 is 22.8 Å². The van der Waals surface area contributed by atoms with Crippen molar-refractivity contribution < 1.29 is 18.3 Å². The number of nitrogens with zero attached hydrogens (tertiary/aromatic N) is 4. The van der Waals surface area contributed by atoms with Crippen LogP contribution in [0.3, 0.4) is 0 Å². The Labute approximate surface area is 223 Å². The van der Waals surface area contributed by atoms with Gasteiger partial charge in [0.05, 0.1) is 11.9 Å². The first-order chi connectivity index (χ1) is 19.1. The molecule has 5 rings (SSSR count). The zero-order chi connectivity index (χ0) is 28.6. The number of H-pyrrole nitrogens is 1. The zero-order valence-electron chi connectivity index (χ0n) is 21.0. The number of anilines is 1. The Morgan fingerprint density at radius 3 is 2.45 bits per heavy atom. The molecule has 0 saturated carbocycles. The number of fused-ring (bicyclic) bond motifs is 1. The van der Waals surface area contributed by atoms with E-state index < -0.39 is 40.4 Å². The zero-order valence-corrected chi connectivity index (χ0v) is 21.0. The molecule has 0 aliphatic heterocycles. The minimum atomic E-state index is -0.929. The molecule has 0 aliphatic rings. The van der Waals surface area contributed by atoms with Crippen LogP contribution >= 0.6 is 0 Å². The van der Waals surface area contributed by atoms with E-state index in [-0.39, 0.29) is 39.6 Å². The maximum absolute atomic E-state index is 15.0. The third-order valence-electron chi connectivity index (χ3n) is 5.85. The third-order valence-corrected chi connectivity index (χ3v) is 5.85. The molecule has 2 aromatic carbocycles. The number of carbonyl (C=O) groups excluding carboxylic acids is 1. The molecule has 3 aromatic heterocycles. The van der Waals surface area contributed by atoms with Crippen molar-refractivity contribution in [3.8, 4) is 17.2 Å². The highest BCUT2D eigenvalue weighted by Crippen LogP contribution is 2.29. The SMILES string of the molecule is CC(C)n1cc(C(=O)Nc2ccc(Oc3ccnc4[nH]c(=O)cnc34)c(F)c2)c(=O)n(-c2ccc(F)cc2)c1=O. The van der Waals surface area contributed by atoms with Crippen LogP contribution in [0.2, 0.25) is 0 Å². The first-order valence-electron chi connectivity index (χ1n) is 11.9. The number of ether oxygens (including phenoxy) is 1. The lowest BCUT2D eigenvalue weighted by atomic mass is 10.2. The Bertz CT molecular complexity index is 1950. The number of benzene rings is 2. The molecule has 5 aromatic rings. The average Bonchev–Trinajstić information content (AvgIpc) is 2.91. The van der Waals surface area contributed by atoms with E-state index in [1.165, 1.54) is 41.1 Å². The van der Waals surface area contributed by atoms with Gasteiger partial charge >= 0.3 is 5.69 Å². The highest BCUT2D eigenvalue weighted by Gasteiger charge is 2.20. The van der Waals surface area contributed by atoms with Gasteiger partial charge in [0, 0.05) is 36.3 Å². The molecule has 0 spiro atoms. The maximum Gasteiger partial charge on any atom is 0.335 e. The summed E-state index contributed by atoms with van der Waals surface area (Å²) in [6, 6.07) is 9.29. The summed E-state index contributed by atoms with van der Waals surface area (Å²) >= 11 is 0. The van der Waals surface area contributed by atoms with Crippen LogP contribution in [0.4, 0.5) is 14.5 Å². The number of carbonyl (C=O) groups is 1. The molecule has 1 amide bonds. The van der Waals surface area contributed by atoms with Crippen LogP contribution in [0.1, 0.15) is 30.2 Å². The van der Waals surface area contributed by atoms with Crippen LogP contribution in [0, 0.1) is 11.6 Å². The lowest BCUT2D eigenvalue weighted by Crippen LogP contribution is -2.42. The van der Waals surface area contributed by atoms with E-state index in [1.54, 1.807) is 13.8 Å². The molecular formula is C27H20F2N6O5. The van der Waals surface area contributed by atoms with Gasteiger partial charge < -0.3 is 15.0 Å². The number of hydrogen-bond acceptors (Lipinski definition) is 7. The fourth-order valence-electron chi connectivity index (χ4n) is 3.90. The summed E-state index contributed by atoms with van der Waals surface area (Å²) < 4.78 is 36.0. The second-order valence-electron chi connectivity index (χ2n) is 8.90. The molecule has 0 aliphatic carbocycles. The topological polar surface area (TPSA) is 141 Å². The maximum atomic E-state index is 15.0. The van der Waals surface area contributed by atoms with Gasteiger partial charge in [-0.1, -0.05) is 0 Å². The number of amides is 1. The molecule has 202 valence electrons. The van der Waals surface area contributed by atoms with Crippen LogP contribution in [-0.2, 0) is 0 Å². The van der Waals surface area contributed by atoms with E-state index in [0.717, 1.165) is 35.2 Å². The van der Waals surface area contributed by atoms with Crippen LogP contribution < -0.4 is 26.9 Å². The number of hydrogen-bond donors (Lipinski definition) is 2. The fraction of sp³-hybridized carbons (Fsp3) is 0.111. The van der Waals surface area contributed by atoms with E-state index in [0.29, 0.717) is 0 Å². The van der Waals surface area contributed by atoms with E-state index in [2.05, 4.69) is 20.3 Å². The van der Waals surface area contributed by atoms with Gasteiger partial charge in [0.1, 0.15) is 16.9 Å². The van der Waals surface area contributed by atoms with Crippen LogP contribution in [0.5, 0.6) is 11.5 Å². The predicted molar refractivity (Wildman–Crippen MR) is 141 cm³/mol. The van der Waals surface area contributed by atoms with Gasteiger partial charge in [0.25, 0.3) is 17.0 Å². The second kappa shape index (κ2) is 10.4. The fourth-order valence-corrected chi connectivity index (χ4v) is 3.90. The molecule has 0 unspecified atom stereocenters. The summed E-state index contributed by atoms with van der Waals surface area (Å²) in [5, 5.41) is 2.45. The van der Waals surface area contributed by atoms with Crippen LogP contribution in [0.25, 0.3) is 16.9 Å². The van der Waals surface area contributed by atoms with Gasteiger partial charge in [-0.2, -0.15) is 0 Å². The molecule has 0 bridgehead atoms. The Kier molecular flexibility index (Phi) is 6.78. The average molecular weight is 546 g/mol. The Morgan fingerprint density at radius 1 is 1.00 bits per heavy atom. The van der Waals surface area contributed by atoms with Crippen molar-refractivity contribution in [3.63, 3.8) is 0 Å². The van der Waals surface area contributed by atoms with Gasteiger partial charge in [-0.05, 0) is 50.2 Å². The first-order valence-corrected chi connectivity index (χ1v) is 11.9. The number of nitrogens with one attached hydrogen (secondary N) is 2. The lowest BCUT2D eigenvalue weighted by molar-refractivity contribution is 0.102. The van der Waals surface area contributed by atoms with Gasteiger partial charge in [0.15, 0.2) is 23.0 Å². The Morgan fingerprint density at radius 2 is 1.75 bits per heavy atom. The van der Waals surface area contributed by atoms with Crippen molar-refractivity contribution in [1.82, 2.24) is 24.1 Å². The summed E-state index contributed by atoms with van der Waals surface area (Å²) in [5.74, 6) is -2.37. The van der Waals surface area contributed by atoms with E-state index in [4.69, 9.17) is 4.74 Å². The second-order valence-corrected chi connectivity index (χ2v) is 8.90. The molecule has 0 radical (unpaired) electrons. The predicted octanol–water partition coefficient (Wildman–Crippen LogP) is 3.53. The third kappa shape index (κ3) is 4.99. The molecule has 3 heterocycles. The van der Waals surface area contributed by atoms with Crippen molar-refractivity contribution in [2.75, 3.05) is 5.32 Å². The molecular weight excluding hydrogens is 526 g/mol. The number of pyridine rings is 1. The number of rotatable bonds is 6. The van der Waals surface area contributed by atoms with Crippen molar-refractivity contribution in [2.45, 2.75) is 19.9 Å². The quantitative estimate of drug-likeness (QED) is 0.332. The molecule has 40 heavy (non-hydrogen) atoms. The molecule has 0 fully saturated rings. The minimum absolute atomic E-state index is 0.00641. The monoisotopic (exact) mass is 546 g/mol. The highest BCUT2D eigenvalue weighted by atomic mass is 19.1. The minimum Gasteiger partial charge on any atom is -0.452 e. The largest absolute Gasteiger partial charge is 0.452 e. The van der Waals surface area contributed by atoms with Gasteiger partial charge in [0.2, 0.25) is 0 Å². The molecule has 0 saturated heterocycles. The van der Waals surface area contributed by atoms with Crippen molar-refractivity contribution in [2.24, 2.45) is 0 Å². The van der Waals surface area contributed by atoms with Crippen molar-refractivity contribution in [1.29, 1.82) is 0 Å². The standard InChI is InChI=1S/C27H20F2N6O5/c1-14(2)34-13-18(26(38)35(27(34)39)17-6-3-15(28)4-7-17)25(37)32-16-5-8-20(19(29)11-16)40-21-9-10-30-24-23(21)31-12-22(36)33-24/h3-14H,1-2H3,(H,32,37)(H,30,33,36). The van der Waals surface area contributed by atoms with E-state index in [9.17, 15) is 28.0 Å². The molecule has 0 atom stereocenters.